The number of anilines is 1. The van der Waals surface area contributed by atoms with Crippen molar-refractivity contribution < 1.29 is 9.18 Å². The van der Waals surface area contributed by atoms with E-state index in [1.165, 1.54) is 12.1 Å². The van der Waals surface area contributed by atoms with Gasteiger partial charge in [0.05, 0.1) is 22.7 Å². The van der Waals surface area contributed by atoms with Crippen molar-refractivity contribution in [3.63, 3.8) is 0 Å². The lowest BCUT2D eigenvalue weighted by atomic mass is 10.0. The van der Waals surface area contributed by atoms with Crippen LogP contribution in [0, 0.1) is 11.7 Å². The van der Waals surface area contributed by atoms with Crippen molar-refractivity contribution in [2.75, 3.05) is 5.32 Å². The normalized spacial score (nSPS) is 13.3. The Morgan fingerprint density at radius 1 is 0.947 bits per heavy atom. The number of rotatable bonds is 6. The van der Waals surface area contributed by atoms with E-state index in [0.29, 0.717) is 34.9 Å². The van der Waals surface area contributed by atoms with Crippen molar-refractivity contribution in [1.29, 1.82) is 0 Å². The SMILES string of the molecule is O=C(CC1CC1)Nc1cccc(-c2ccc3[nH]nc(-c4nc5c(-c6cccc(F)c6)cncc5[nH]4)c3c2)c1. The Hall–Kier alpha value is -4.85. The average molecular weight is 503 g/mol. The van der Waals surface area contributed by atoms with Crippen molar-refractivity contribution in [2.45, 2.75) is 19.3 Å². The molecule has 7 nitrogen and oxygen atoms in total. The maximum atomic E-state index is 13.9. The van der Waals surface area contributed by atoms with E-state index in [9.17, 15) is 9.18 Å². The third-order valence-corrected chi connectivity index (χ3v) is 6.97. The van der Waals surface area contributed by atoms with Crippen LogP contribution in [0.1, 0.15) is 19.3 Å². The fraction of sp³-hybridized carbons (Fsp3) is 0.133. The topological polar surface area (TPSA) is 99.3 Å². The number of carbonyl (C=O) groups excluding carboxylic acids is 1. The highest BCUT2D eigenvalue weighted by Crippen LogP contribution is 2.34. The van der Waals surface area contributed by atoms with E-state index in [2.05, 4.69) is 31.5 Å². The second-order valence-electron chi connectivity index (χ2n) is 9.79. The summed E-state index contributed by atoms with van der Waals surface area (Å²) in [6, 6.07) is 20.4. The summed E-state index contributed by atoms with van der Waals surface area (Å²) in [7, 11) is 0. The summed E-state index contributed by atoms with van der Waals surface area (Å²) in [5, 5.41) is 11.6. The minimum Gasteiger partial charge on any atom is -0.335 e. The number of H-pyrrole nitrogens is 2. The highest BCUT2D eigenvalue weighted by atomic mass is 19.1. The number of hydrogen-bond donors (Lipinski definition) is 3. The van der Waals surface area contributed by atoms with Gasteiger partial charge in [-0.1, -0.05) is 30.3 Å². The highest BCUT2D eigenvalue weighted by Gasteiger charge is 2.24. The smallest absolute Gasteiger partial charge is 0.224 e. The lowest BCUT2D eigenvalue weighted by Crippen LogP contribution is -2.11. The summed E-state index contributed by atoms with van der Waals surface area (Å²) in [5.41, 5.74) is 7.22. The maximum Gasteiger partial charge on any atom is 0.224 e. The Morgan fingerprint density at radius 3 is 2.66 bits per heavy atom. The van der Waals surface area contributed by atoms with Crippen molar-refractivity contribution in [2.24, 2.45) is 5.92 Å². The summed E-state index contributed by atoms with van der Waals surface area (Å²) in [6.07, 6.45) is 6.28. The second-order valence-corrected chi connectivity index (χ2v) is 9.79. The number of aromatic amines is 2. The second kappa shape index (κ2) is 8.92. The zero-order valence-electron chi connectivity index (χ0n) is 20.3. The molecule has 1 saturated carbocycles. The molecule has 1 aliphatic rings. The largest absolute Gasteiger partial charge is 0.335 e. The van der Waals surface area contributed by atoms with Crippen LogP contribution in [0.5, 0.6) is 0 Å². The Balaban J connectivity index is 1.25. The van der Waals surface area contributed by atoms with Crippen LogP contribution >= 0.6 is 0 Å². The summed E-state index contributed by atoms with van der Waals surface area (Å²) < 4.78 is 13.9. The molecule has 0 spiro atoms. The van der Waals surface area contributed by atoms with E-state index in [0.717, 1.165) is 51.6 Å². The lowest BCUT2D eigenvalue weighted by Gasteiger charge is -2.08. The number of nitrogens with one attached hydrogen (secondary N) is 3. The van der Waals surface area contributed by atoms with Crippen LogP contribution in [0.15, 0.2) is 79.1 Å². The first-order chi connectivity index (χ1) is 18.6. The van der Waals surface area contributed by atoms with Gasteiger partial charge in [0, 0.05) is 29.3 Å². The number of nitrogens with zero attached hydrogens (tertiary/aromatic N) is 3. The number of halogens is 1. The number of pyridine rings is 1. The zero-order chi connectivity index (χ0) is 25.6. The van der Waals surface area contributed by atoms with Crippen LogP contribution in [0.25, 0.3) is 55.7 Å². The minimum atomic E-state index is -0.312. The first-order valence-electron chi connectivity index (χ1n) is 12.6. The van der Waals surface area contributed by atoms with E-state index in [1.807, 2.05) is 42.5 Å². The minimum absolute atomic E-state index is 0.0641. The standard InChI is InChI=1S/C30H23FN6O/c31-21-5-1-4-20(12-21)24-15-32-16-26-28(24)35-30(34-26)29-23-14-19(9-10-25(23)36-37-29)18-3-2-6-22(13-18)33-27(38)11-17-7-8-17/h1-6,9-10,12-17H,7-8,11H2,(H,33,38)(H,34,35)(H,36,37). The first-order valence-corrected chi connectivity index (χ1v) is 12.6. The Kier molecular flexibility index (Phi) is 5.25. The Bertz CT molecular complexity index is 1830. The van der Waals surface area contributed by atoms with E-state index in [4.69, 9.17) is 4.98 Å². The van der Waals surface area contributed by atoms with Crippen molar-refractivity contribution in [1.82, 2.24) is 25.1 Å². The van der Waals surface area contributed by atoms with Gasteiger partial charge in [-0.25, -0.2) is 9.37 Å². The van der Waals surface area contributed by atoms with Gasteiger partial charge in [0.1, 0.15) is 11.5 Å². The van der Waals surface area contributed by atoms with Gasteiger partial charge < -0.3 is 10.3 Å². The predicted molar refractivity (Wildman–Crippen MR) is 146 cm³/mol. The molecule has 0 bridgehead atoms. The number of hydrogen-bond acceptors (Lipinski definition) is 4. The molecule has 6 aromatic rings. The van der Waals surface area contributed by atoms with Gasteiger partial charge >= 0.3 is 0 Å². The Labute approximate surface area is 217 Å². The van der Waals surface area contributed by atoms with Crippen molar-refractivity contribution in [3.05, 3.63) is 84.9 Å². The molecule has 38 heavy (non-hydrogen) atoms. The number of amides is 1. The molecule has 0 saturated heterocycles. The van der Waals surface area contributed by atoms with Crippen LogP contribution < -0.4 is 5.32 Å². The average Bonchev–Trinajstić information content (AvgIpc) is 3.46. The number of carbonyl (C=O) groups is 1. The van der Waals surface area contributed by atoms with Crippen LogP contribution in [-0.4, -0.2) is 31.1 Å². The summed E-state index contributed by atoms with van der Waals surface area (Å²) in [5.74, 6) is 0.885. The van der Waals surface area contributed by atoms with Gasteiger partial charge in [0.25, 0.3) is 0 Å². The molecule has 7 rings (SSSR count). The number of imidazole rings is 1. The van der Waals surface area contributed by atoms with E-state index in [-0.39, 0.29) is 11.7 Å². The molecule has 0 atom stereocenters. The molecule has 8 heteroatoms. The van der Waals surface area contributed by atoms with Gasteiger partial charge in [-0.15, -0.1) is 0 Å². The first kappa shape index (κ1) is 22.4. The molecular weight excluding hydrogens is 479 g/mol. The Morgan fingerprint density at radius 2 is 1.79 bits per heavy atom. The quantitative estimate of drug-likeness (QED) is 0.236. The molecule has 1 fully saturated rings. The van der Waals surface area contributed by atoms with Crippen LogP contribution in [-0.2, 0) is 4.79 Å². The van der Waals surface area contributed by atoms with Gasteiger partial charge in [0.15, 0.2) is 5.82 Å². The molecule has 3 heterocycles. The molecule has 0 unspecified atom stereocenters. The molecule has 3 aromatic heterocycles. The summed E-state index contributed by atoms with van der Waals surface area (Å²) in [4.78, 5) is 24.8. The molecule has 3 N–H and O–H groups in total. The van der Waals surface area contributed by atoms with E-state index < -0.39 is 0 Å². The highest BCUT2D eigenvalue weighted by molar-refractivity contribution is 5.98. The summed E-state index contributed by atoms with van der Waals surface area (Å²) in [6.45, 7) is 0. The van der Waals surface area contributed by atoms with Crippen molar-refractivity contribution in [3.8, 4) is 33.8 Å². The predicted octanol–water partition coefficient (Wildman–Crippen LogP) is 6.71. The van der Waals surface area contributed by atoms with Gasteiger partial charge in [-0.3, -0.25) is 14.9 Å². The summed E-state index contributed by atoms with van der Waals surface area (Å²) >= 11 is 0. The maximum absolute atomic E-state index is 13.9. The van der Waals surface area contributed by atoms with Gasteiger partial charge in [-0.2, -0.15) is 5.10 Å². The number of fused-ring (bicyclic) bond motifs is 2. The fourth-order valence-electron chi connectivity index (χ4n) is 4.86. The lowest BCUT2D eigenvalue weighted by molar-refractivity contribution is -0.116. The molecule has 3 aromatic carbocycles. The third kappa shape index (κ3) is 4.20. The third-order valence-electron chi connectivity index (χ3n) is 6.97. The van der Waals surface area contributed by atoms with Gasteiger partial charge in [0.2, 0.25) is 5.91 Å². The molecule has 186 valence electrons. The van der Waals surface area contributed by atoms with Crippen LogP contribution in [0.4, 0.5) is 10.1 Å². The van der Waals surface area contributed by atoms with E-state index >= 15 is 0 Å². The van der Waals surface area contributed by atoms with E-state index in [1.54, 1.807) is 18.5 Å². The van der Waals surface area contributed by atoms with Crippen molar-refractivity contribution >= 4 is 33.5 Å². The van der Waals surface area contributed by atoms with Crippen LogP contribution in [0.2, 0.25) is 0 Å². The number of aromatic nitrogens is 5. The fourth-order valence-corrected chi connectivity index (χ4v) is 4.86. The monoisotopic (exact) mass is 502 g/mol. The van der Waals surface area contributed by atoms with Crippen LogP contribution in [0.3, 0.4) is 0 Å². The molecule has 1 aliphatic carbocycles. The molecule has 0 radical (unpaired) electrons. The molecular formula is C30H23FN6O. The molecule has 1 amide bonds. The molecule has 0 aliphatic heterocycles. The zero-order valence-corrected chi connectivity index (χ0v) is 20.3. The number of benzene rings is 3. The van der Waals surface area contributed by atoms with Gasteiger partial charge in [-0.05, 0) is 71.8 Å².